The Morgan fingerprint density at radius 3 is 0.955 bits per heavy atom. The Kier molecular flexibility index (Phi) is 5.72. The number of piperidine rings is 6. The van der Waals surface area contributed by atoms with Crippen LogP contribution in [-0.2, 0) is 0 Å². The predicted octanol–water partition coefficient (Wildman–Crippen LogP) is 0.0464. The molecule has 6 aliphatic rings. The van der Waals surface area contributed by atoms with E-state index in [0.717, 1.165) is 11.8 Å². The van der Waals surface area contributed by atoms with E-state index in [2.05, 4.69) is 14.1 Å². The highest BCUT2D eigenvalue weighted by molar-refractivity contribution is 5.47. The molecule has 128 valence electrons. The quantitative estimate of drug-likeness (QED) is 0.594. The molecule has 6 rings (SSSR count). The SMILES string of the molecule is C[N+]12CCC(CC1)CC2.C[N+]12CCC(CC1)CC2.O=C([O-])[O-]. The Balaban J connectivity index is 0.000000131. The van der Waals surface area contributed by atoms with E-state index in [-0.39, 0.29) is 0 Å². The number of nitrogens with zero attached hydrogens (tertiary/aromatic N) is 2. The highest BCUT2D eigenvalue weighted by Gasteiger charge is 2.36. The van der Waals surface area contributed by atoms with Crippen molar-refractivity contribution in [3.8, 4) is 0 Å². The van der Waals surface area contributed by atoms with Crippen LogP contribution in [0, 0.1) is 11.8 Å². The zero-order chi connectivity index (χ0) is 16.2. The van der Waals surface area contributed by atoms with Gasteiger partial charge in [-0.3, -0.25) is 0 Å². The molecular formula is C17H32N2O3. The van der Waals surface area contributed by atoms with Crippen molar-refractivity contribution in [2.45, 2.75) is 38.5 Å². The molecule has 0 N–H and O–H groups in total. The standard InChI is InChI=1S/2C8H16N.CH2O3/c2*1-9-5-2-8(3-6-9)4-7-9;2-1(3)4/h2*8H,2-7H2,1H3;(H2,2,3,4)/q2*+1;/p-2. The lowest BCUT2D eigenvalue weighted by Crippen LogP contribution is -2.55. The van der Waals surface area contributed by atoms with Gasteiger partial charge in [0.05, 0.1) is 53.4 Å². The van der Waals surface area contributed by atoms with Crippen LogP contribution in [0.5, 0.6) is 0 Å². The van der Waals surface area contributed by atoms with Crippen LogP contribution in [0.3, 0.4) is 0 Å². The minimum atomic E-state index is -2.33. The average Bonchev–Trinajstić information content (AvgIpc) is 2.49. The van der Waals surface area contributed by atoms with Gasteiger partial charge >= 0.3 is 0 Å². The molecule has 0 saturated carbocycles. The van der Waals surface area contributed by atoms with Crippen LogP contribution in [0.25, 0.3) is 0 Å². The topological polar surface area (TPSA) is 63.2 Å². The summed E-state index contributed by atoms with van der Waals surface area (Å²) in [6.45, 7) is 8.78. The summed E-state index contributed by atoms with van der Waals surface area (Å²) in [5.41, 5.74) is 0. The number of carbonyl (C=O) groups excluding carboxylic acids is 1. The van der Waals surface area contributed by atoms with Crippen molar-refractivity contribution in [1.29, 1.82) is 0 Å². The number of carbonyl (C=O) groups is 1. The van der Waals surface area contributed by atoms with Gasteiger partial charge in [-0.25, -0.2) is 0 Å². The lowest BCUT2D eigenvalue weighted by molar-refractivity contribution is -0.924. The molecule has 0 spiro atoms. The lowest BCUT2D eigenvalue weighted by atomic mass is 9.86. The minimum Gasteiger partial charge on any atom is -0.652 e. The summed E-state index contributed by atoms with van der Waals surface area (Å²) in [6.07, 6.45) is 6.73. The van der Waals surface area contributed by atoms with Gasteiger partial charge in [0.25, 0.3) is 0 Å². The summed E-state index contributed by atoms with van der Waals surface area (Å²) < 4.78 is 2.77. The molecule has 0 radical (unpaired) electrons. The third kappa shape index (κ3) is 5.13. The fourth-order valence-electron chi connectivity index (χ4n) is 4.50. The lowest BCUT2D eigenvalue weighted by Gasteiger charge is -2.46. The first-order chi connectivity index (χ1) is 10.3. The maximum absolute atomic E-state index is 8.33. The largest absolute Gasteiger partial charge is 0.652 e. The van der Waals surface area contributed by atoms with E-state index in [9.17, 15) is 0 Å². The number of hydrogen-bond donors (Lipinski definition) is 0. The normalized spacial score (nSPS) is 41.7. The molecule has 6 saturated heterocycles. The number of hydrogen-bond acceptors (Lipinski definition) is 3. The molecule has 0 aromatic rings. The number of quaternary nitrogens is 2. The van der Waals surface area contributed by atoms with Crippen LogP contribution < -0.4 is 10.2 Å². The molecule has 0 atom stereocenters. The van der Waals surface area contributed by atoms with Crippen LogP contribution in [0.4, 0.5) is 4.79 Å². The maximum Gasteiger partial charge on any atom is 0.0787 e. The van der Waals surface area contributed by atoms with E-state index in [1.807, 2.05) is 0 Å². The molecule has 6 heterocycles. The predicted molar refractivity (Wildman–Crippen MR) is 81.6 cm³/mol. The summed E-state index contributed by atoms with van der Waals surface area (Å²) in [4.78, 5) is 8.33. The van der Waals surface area contributed by atoms with Crippen LogP contribution in [0.15, 0.2) is 0 Å². The van der Waals surface area contributed by atoms with Crippen molar-refractivity contribution >= 4 is 6.16 Å². The third-order valence-corrected chi connectivity index (χ3v) is 6.46. The van der Waals surface area contributed by atoms with Gasteiger partial charge in [0.1, 0.15) is 0 Å². The van der Waals surface area contributed by atoms with E-state index >= 15 is 0 Å². The minimum absolute atomic E-state index is 1.12. The molecule has 22 heavy (non-hydrogen) atoms. The molecule has 0 unspecified atom stereocenters. The maximum atomic E-state index is 8.33. The molecule has 4 bridgehead atoms. The first-order valence-corrected chi connectivity index (χ1v) is 8.85. The second-order valence-electron chi connectivity index (χ2n) is 8.29. The number of carboxylic acid groups (broad SMARTS) is 2. The van der Waals surface area contributed by atoms with E-state index in [1.165, 1.54) is 86.8 Å². The Bertz CT molecular complexity index is 309. The van der Waals surface area contributed by atoms with E-state index in [0.29, 0.717) is 0 Å². The molecule has 0 aliphatic carbocycles. The van der Waals surface area contributed by atoms with Gasteiger partial charge in [0.2, 0.25) is 0 Å². The highest BCUT2D eigenvalue weighted by Crippen LogP contribution is 2.32. The monoisotopic (exact) mass is 312 g/mol. The molecule has 5 heteroatoms. The van der Waals surface area contributed by atoms with E-state index in [4.69, 9.17) is 15.0 Å². The highest BCUT2D eigenvalue weighted by atomic mass is 16.6. The van der Waals surface area contributed by atoms with Crippen molar-refractivity contribution < 1.29 is 24.0 Å². The molecule has 6 aliphatic heterocycles. The molecule has 0 aromatic carbocycles. The van der Waals surface area contributed by atoms with Crippen molar-refractivity contribution in [2.75, 3.05) is 53.4 Å². The van der Waals surface area contributed by atoms with Crippen molar-refractivity contribution in [3.63, 3.8) is 0 Å². The van der Waals surface area contributed by atoms with Gasteiger partial charge in [0, 0.05) is 0 Å². The Morgan fingerprint density at radius 1 is 0.682 bits per heavy atom. The van der Waals surface area contributed by atoms with Crippen LogP contribution in [-0.4, -0.2) is 68.5 Å². The van der Waals surface area contributed by atoms with Crippen LogP contribution in [0.1, 0.15) is 38.5 Å². The van der Waals surface area contributed by atoms with Crippen molar-refractivity contribution in [3.05, 3.63) is 0 Å². The van der Waals surface area contributed by atoms with Crippen LogP contribution >= 0.6 is 0 Å². The zero-order valence-electron chi connectivity index (χ0n) is 14.3. The van der Waals surface area contributed by atoms with Crippen molar-refractivity contribution in [1.82, 2.24) is 0 Å². The molecule has 5 nitrogen and oxygen atoms in total. The summed E-state index contributed by atoms with van der Waals surface area (Å²) in [5.74, 6) is 2.23. The first kappa shape index (κ1) is 17.5. The first-order valence-electron chi connectivity index (χ1n) is 8.85. The second-order valence-corrected chi connectivity index (χ2v) is 8.29. The van der Waals surface area contributed by atoms with Gasteiger partial charge in [-0.2, -0.15) is 0 Å². The van der Waals surface area contributed by atoms with Gasteiger partial charge < -0.3 is 24.0 Å². The van der Waals surface area contributed by atoms with Gasteiger partial charge in [-0.15, -0.1) is 0 Å². The Morgan fingerprint density at radius 2 is 0.864 bits per heavy atom. The Labute approximate surface area is 134 Å². The fraction of sp³-hybridized carbons (Fsp3) is 0.941. The summed E-state index contributed by atoms with van der Waals surface area (Å²) in [5, 5.41) is 16.7. The molecule has 0 amide bonds. The van der Waals surface area contributed by atoms with E-state index < -0.39 is 6.16 Å². The summed E-state index contributed by atoms with van der Waals surface area (Å²) >= 11 is 0. The number of fused-ring (bicyclic) bond motifs is 6. The third-order valence-electron chi connectivity index (χ3n) is 6.46. The van der Waals surface area contributed by atoms with Gasteiger partial charge in [0.15, 0.2) is 0 Å². The Hall–Kier alpha value is -0.810. The second kappa shape index (κ2) is 7.18. The molecule has 6 fully saturated rings. The fourth-order valence-corrected chi connectivity index (χ4v) is 4.50. The van der Waals surface area contributed by atoms with Crippen molar-refractivity contribution in [2.24, 2.45) is 11.8 Å². The van der Waals surface area contributed by atoms with Gasteiger partial charge in [-0.05, 0) is 56.5 Å². The summed E-state index contributed by atoms with van der Waals surface area (Å²) in [7, 11) is 4.82. The summed E-state index contributed by atoms with van der Waals surface area (Å²) in [6, 6.07) is 0. The van der Waals surface area contributed by atoms with Crippen LogP contribution in [0.2, 0.25) is 0 Å². The molecule has 0 aromatic heterocycles. The molecular weight excluding hydrogens is 280 g/mol. The number of rotatable bonds is 0. The van der Waals surface area contributed by atoms with Gasteiger partial charge in [-0.1, -0.05) is 0 Å². The average molecular weight is 312 g/mol. The van der Waals surface area contributed by atoms with E-state index in [1.54, 1.807) is 0 Å². The smallest absolute Gasteiger partial charge is 0.0787 e. The zero-order valence-corrected chi connectivity index (χ0v) is 14.3.